The van der Waals surface area contributed by atoms with Crippen molar-refractivity contribution in [2.45, 2.75) is 18.8 Å². The number of ether oxygens (including phenoxy) is 1. The zero-order chi connectivity index (χ0) is 15.5. The first-order valence-corrected chi connectivity index (χ1v) is 7.43. The maximum atomic E-state index is 12.1. The summed E-state index contributed by atoms with van der Waals surface area (Å²) in [5.41, 5.74) is 1.53. The van der Waals surface area contributed by atoms with Crippen LogP contribution in [0.25, 0.3) is 10.9 Å². The normalized spacial score (nSPS) is 16.1. The topological polar surface area (TPSA) is 75.3 Å². The van der Waals surface area contributed by atoms with Crippen LogP contribution in [0.3, 0.4) is 0 Å². The number of fused-ring (bicyclic) bond motifs is 1. The second kappa shape index (κ2) is 6.27. The highest BCUT2D eigenvalue weighted by molar-refractivity contribution is 5.78. The average molecular weight is 301 g/mol. The number of methoxy groups -OCH3 is 1. The summed E-state index contributed by atoms with van der Waals surface area (Å²) in [5.74, 6) is 0.278. The Hall–Kier alpha value is -2.21. The first kappa shape index (κ1) is 14.7. The van der Waals surface area contributed by atoms with Crippen LogP contribution in [0.5, 0.6) is 0 Å². The number of aromatic nitrogens is 2. The predicted octanol–water partition coefficient (Wildman–Crippen LogP) is 1.28. The first-order valence-electron chi connectivity index (χ1n) is 7.43. The number of pyridine rings is 2. The lowest BCUT2D eigenvalue weighted by molar-refractivity contribution is -0.136. The van der Waals surface area contributed by atoms with Crippen LogP contribution < -0.4 is 5.56 Å². The molecule has 3 rings (SSSR count). The van der Waals surface area contributed by atoms with E-state index >= 15 is 0 Å². The van der Waals surface area contributed by atoms with Gasteiger partial charge in [-0.1, -0.05) is 0 Å². The highest BCUT2D eigenvalue weighted by Gasteiger charge is 2.24. The van der Waals surface area contributed by atoms with Gasteiger partial charge in [-0.2, -0.15) is 0 Å². The number of nitrogens with one attached hydrogen (secondary N) is 1. The predicted molar refractivity (Wildman–Crippen MR) is 82.8 cm³/mol. The largest absolute Gasteiger partial charge is 0.375 e. The fourth-order valence-electron chi connectivity index (χ4n) is 2.98. The molecule has 1 amide bonds. The summed E-state index contributed by atoms with van der Waals surface area (Å²) < 4.78 is 4.89. The van der Waals surface area contributed by atoms with E-state index in [2.05, 4.69) is 9.97 Å². The van der Waals surface area contributed by atoms with E-state index in [1.54, 1.807) is 18.3 Å². The number of piperidine rings is 1. The second-order valence-electron chi connectivity index (χ2n) is 5.58. The number of rotatable bonds is 3. The van der Waals surface area contributed by atoms with E-state index in [0.29, 0.717) is 18.5 Å². The summed E-state index contributed by atoms with van der Waals surface area (Å²) in [5, 5.41) is 0.610. The minimum atomic E-state index is -0.0986. The van der Waals surface area contributed by atoms with E-state index < -0.39 is 0 Å². The number of carbonyl (C=O) groups excluding carboxylic acids is 1. The van der Waals surface area contributed by atoms with Gasteiger partial charge in [0.25, 0.3) is 5.56 Å². The zero-order valence-corrected chi connectivity index (χ0v) is 12.5. The molecule has 6 nitrogen and oxygen atoms in total. The maximum Gasteiger partial charge on any atom is 0.257 e. The molecule has 0 bridgehead atoms. The van der Waals surface area contributed by atoms with Gasteiger partial charge in [-0.3, -0.25) is 14.6 Å². The van der Waals surface area contributed by atoms with Gasteiger partial charge in [0.05, 0.1) is 10.9 Å². The van der Waals surface area contributed by atoms with Crippen molar-refractivity contribution in [2.75, 3.05) is 26.8 Å². The van der Waals surface area contributed by atoms with Gasteiger partial charge in [0.1, 0.15) is 6.61 Å². The van der Waals surface area contributed by atoms with Gasteiger partial charge < -0.3 is 14.6 Å². The number of aromatic amines is 1. The smallest absolute Gasteiger partial charge is 0.257 e. The maximum absolute atomic E-state index is 12.1. The molecule has 0 aliphatic carbocycles. The van der Waals surface area contributed by atoms with Crippen molar-refractivity contribution in [1.82, 2.24) is 14.9 Å². The SMILES string of the molecule is COCC(=O)N1CCC(c2cc3ncccc3c(=O)[nH]2)CC1. The average Bonchev–Trinajstić information content (AvgIpc) is 2.55. The van der Waals surface area contributed by atoms with Gasteiger partial charge in [-0.25, -0.2) is 0 Å². The second-order valence-corrected chi connectivity index (χ2v) is 5.58. The Bertz CT molecular complexity index is 733. The molecule has 6 heteroatoms. The summed E-state index contributed by atoms with van der Waals surface area (Å²) >= 11 is 0. The molecule has 1 N–H and O–H groups in total. The molecule has 0 atom stereocenters. The molecule has 2 aromatic rings. The molecular weight excluding hydrogens is 282 g/mol. The van der Waals surface area contributed by atoms with Gasteiger partial charge in [0.15, 0.2) is 0 Å². The standard InChI is InChI=1S/C16H19N3O3/c1-22-10-15(20)19-7-4-11(5-8-19)13-9-14-12(16(21)18-13)3-2-6-17-14/h2-3,6,9,11H,4-5,7-8,10H2,1H3,(H,18,21). The van der Waals surface area contributed by atoms with Crippen LogP contribution in [0.1, 0.15) is 24.5 Å². The monoisotopic (exact) mass is 301 g/mol. The van der Waals surface area contributed by atoms with E-state index in [1.165, 1.54) is 7.11 Å². The van der Waals surface area contributed by atoms with Crippen LogP contribution in [0.2, 0.25) is 0 Å². The van der Waals surface area contributed by atoms with Crippen LogP contribution in [-0.2, 0) is 9.53 Å². The fourth-order valence-corrected chi connectivity index (χ4v) is 2.98. The molecular formula is C16H19N3O3. The van der Waals surface area contributed by atoms with Crippen LogP contribution in [-0.4, -0.2) is 47.6 Å². The van der Waals surface area contributed by atoms with Crippen molar-refractivity contribution in [3.8, 4) is 0 Å². The molecule has 1 fully saturated rings. The fraction of sp³-hybridized carbons (Fsp3) is 0.438. The lowest BCUT2D eigenvalue weighted by atomic mass is 9.92. The third-order valence-corrected chi connectivity index (χ3v) is 4.19. The molecule has 2 aromatic heterocycles. The molecule has 1 saturated heterocycles. The summed E-state index contributed by atoms with van der Waals surface area (Å²) in [7, 11) is 1.53. The molecule has 116 valence electrons. The number of H-pyrrole nitrogens is 1. The molecule has 1 aliphatic rings. The Morgan fingerprint density at radius 3 is 2.95 bits per heavy atom. The van der Waals surface area contributed by atoms with E-state index in [-0.39, 0.29) is 24.0 Å². The van der Waals surface area contributed by atoms with Crippen LogP contribution >= 0.6 is 0 Å². The molecule has 0 spiro atoms. The Balaban J connectivity index is 1.76. The van der Waals surface area contributed by atoms with Crippen LogP contribution in [0.4, 0.5) is 0 Å². The quantitative estimate of drug-likeness (QED) is 0.926. The highest BCUT2D eigenvalue weighted by atomic mass is 16.5. The van der Waals surface area contributed by atoms with Gasteiger partial charge >= 0.3 is 0 Å². The van der Waals surface area contributed by atoms with Crippen molar-refractivity contribution >= 4 is 16.8 Å². The minimum Gasteiger partial charge on any atom is -0.375 e. The van der Waals surface area contributed by atoms with Crippen LogP contribution in [0.15, 0.2) is 29.2 Å². The Kier molecular flexibility index (Phi) is 4.20. The van der Waals surface area contributed by atoms with E-state index in [0.717, 1.165) is 24.1 Å². The number of hydrogen-bond acceptors (Lipinski definition) is 4. The number of carbonyl (C=O) groups is 1. The number of hydrogen-bond donors (Lipinski definition) is 1. The van der Waals surface area contributed by atoms with Gasteiger partial charge in [0.2, 0.25) is 5.91 Å². The van der Waals surface area contributed by atoms with Gasteiger partial charge in [-0.15, -0.1) is 0 Å². The third kappa shape index (κ3) is 2.87. The Morgan fingerprint density at radius 2 is 2.23 bits per heavy atom. The lowest BCUT2D eigenvalue weighted by Gasteiger charge is -2.31. The van der Waals surface area contributed by atoms with Crippen LogP contribution in [0, 0.1) is 0 Å². The lowest BCUT2D eigenvalue weighted by Crippen LogP contribution is -2.40. The van der Waals surface area contributed by atoms with Crippen molar-refractivity contribution in [1.29, 1.82) is 0 Å². The summed E-state index contributed by atoms with van der Waals surface area (Å²) in [4.78, 5) is 33.0. The first-order chi connectivity index (χ1) is 10.7. The van der Waals surface area contributed by atoms with Crippen molar-refractivity contribution < 1.29 is 9.53 Å². The van der Waals surface area contributed by atoms with Crippen molar-refractivity contribution in [3.05, 3.63) is 40.4 Å². The zero-order valence-electron chi connectivity index (χ0n) is 12.5. The molecule has 22 heavy (non-hydrogen) atoms. The Morgan fingerprint density at radius 1 is 1.45 bits per heavy atom. The van der Waals surface area contributed by atoms with Crippen molar-refractivity contribution in [2.24, 2.45) is 0 Å². The number of amides is 1. The van der Waals surface area contributed by atoms with Gasteiger partial charge in [0, 0.05) is 38.0 Å². The molecule has 0 radical (unpaired) electrons. The Labute approximate surface area is 128 Å². The molecule has 0 unspecified atom stereocenters. The molecule has 0 saturated carbocycles. The number of nitrogens with zero attached hydrogens (tertiary/aromatic N) is 2. The van der Waals surface area contributed by atoms with E-state index in [1.807, 2.05) is 11.0 Å². The molecule has 1 aliphatic heterocycles. The highest BCUT2D eigenvalue weighted by Crippen LogP contribution is 2.27. The minimum absolute atomic E-state index is 0.0228. The van der Waals surface area contributed by atoms with E-state index in [9.17, 15) is 9.59 Å². The number of likely N-dealkylation sites (tertiary alicyclic amines) is 1. The van der Waals surface area contributed by atoms with E-state index in [4.69, 9.17) is 4.74 Å². The van der Waals surface area contributed by atoms with Crippen molar-refractivity contribution in [3.63, 3.8) is 0 Å². The van der Waals surface area contributed by atoms with Gasteiger partial charge in [-0.05, 0) is 31.0 Å². The third-order valence-electron chi connectivity index (χ3n) is 4.19. The molecule has 3 heterocycles. The molecule has 0 aromatic carbocycles. The summed E-state index contributed by atoms with van der Waals surface area (Å²) in [6.45, 7) is 1.51. The summed E-state index contributed by atoms with van der Waals surface area (Å²) in [6.07, 6.45) is 3.37. The summed E-state index contributed by atoms with van der Waals surface area (Å²) in [6, 6.07) is 5.49.